The average Bonchev–Trinajstić information content (AvgIpc) is 3.65. The van der Waals surface area contributed by atoms with Crippen molar-refractivity contribution in [2.75, 3.05) is 59.6 Å². The monoisotopic (exact) mass is 530 g/mol. The summed E-state index contributed by atoms with van der Waals surface area (Å²) in [6.07, 6.45) is 12.9. The molecule has 0 bridgehead atoms. The second-order valence-corrected chi connectivity index (χ2v) is 10.5. The summed E-state index contributed by atoms with van der Waals surface area (Å²) in [6, 6.07) is 15.4. The van der Waals surface area contributed by atoms with E-state index in [4.69, 9.17) is 25.8 Å². The van der Waals surface area contributed by atoms with Gasteiger partial charge in [-0.25, -0.2) is 0 Å². The number of rotatable bonds is 15. The highest BCUT2D eigenvalue weighted by molar-refractivity contribution is 6.30. The number of likely N-dealkylation sites (tertiary alicyclic amines) is 2. The topological polar surface area (TPSA) is 34.2 Å². The third-order valence-electron chi connectivity index (χ3n) is 7.05. The molecule has 2 aliphatic heterocycles. The normalized spacial score (nSPS) is 15.8. The molecule has 206 valence electrons. The van der Waals surface area contributed by atoms with E-state index in [0.717, 1.165) is 48.3 Å². The maximum absolute atomic E-state index is 5.82. The molecule has 0 spiro atoms. The van der Waals surface area contributed by atoms with Gasteiger partial charge in [-0.15, -0.1) is 0 Å². The van der Waals surface area contributed by atoms with E-state index < -0.39 is 0 Å². The fraction of sp³-hybridized carbons (Fsp3) is 0.613. The standard InChI is InChI=1S/C16H25NO2.C15H22ClNO/c1-18-15-7-9-16(10-8-15)19-14-6-2-3-11-17-12-4-5-13-17;16-14-6-8-15(9-7-14)18-13-5-1-2-10-17-11-3-4-12-17/h7-10H,2-6,11-14H2,1H3;6-9H,1-5,10-13H2. The molecule has 0 radical (unpaired) electrons. The van der Waals surface area contributed by atoms with E-state index in [-0.39, 0.29) is 0 Å². The first-order chi connectivity index (χ1) is 18.2. The second kappa shape index (κ2) is 18.3. The van der Waals surface area contributed by atoms with Gasteiger partial charge in [-0.2, -0.15) is 0 Å². The average molecular weight is 531 g/mol. The first-order valence-electron chi connectivity index (χ1n) is 14.3. The number of nitrogens with zero attached hydrogens (tertiary/aromatic N) is 2. The Bertz CT molecular complexity index is 819. The molecule has 6 heteroatoms. The molecule has 0 aliphatic carbocycles. The van der Waals surface area contributed by atoms with Gasteiger partial charge < -0.3 is 24.0 Å². The van der Waals surface area contributed by atoms with Crippen molar-refractivity contribution in [3.05, 3.63) is 53.6 Å². The summed E-state index contributed by atoms with van der Waals surface area (Å²) >= 11 is 5.82. The van der Waals surface area contributed by atoms with Crippen LogP contribution < -0.4 is 14.2 Å². The van der Waals surface area contributed by atoms with Gasteiger partial charge in [0.05, 0.1) is 20.3 Å². The molecule has 0 amide bonds. The van der Waals surface area contributed by atoms with Gasteiger partial charge in [0.25, 0.3) is 0 Å². The maximum atomic E-state index is 5.82. The van der Waals surface area contributed by atoms with Crippen molar-refractivity contribution in [1.82, 2.24) is 9.80 Å². The lowest BCUT2D eigenvalue weighted by Crippen LogP contribution is -2.20. The van der Waals surface area contributed by atoms with Crippen molar-refractivity contribution in [1.29, 1.82) is 0 Å². The van der Waals surface area contributed by atoms with Gasteiger partial charge in [0.2, 0.25) is 0 Å². The quantitative estimate of drug-likeness (QED) is 0.225. The molecule has 0 aromatic heterocycles. The Morgan fingerprint density at radius 3 is 1.41 bits per heavy atom. The van der Waals surface area contributed by atoms with E-state index in [1.54, 1.807) is 7.11 Å². The van der Waals surface area contributed by atoms with Crippen LogP contribution in [-0.2, 0) is 0 Å². The van der Waals surface area contributed by atoms with Crippen molar-refractivity contribution in [3.8, 4) is 17.2 Å². The minimum absolute atomic E-state index is 0.757. The summed E-state index contributed by atoms with van der Waals surface area (Å²) in [5, 5.41) is 0.757. The molecule has 0 saturated carbocycles. The van der Waals surface area contributed by atoms with Crippen LogP contribution in [0.1, 0.15) is 64.2 Å². The van der Waals surface area contributed by atoms with Gasteiger partial charge in [0.15, 0.2) is 0 Å². The second-order valence-electron chi connectivity index (χ2n) is 10.0. The highest BCUT2D eigenvalue weighted by atomic mass is 35.5. The third-order valence-corrected chi connectivity index (χ3v) is 7.30. The van der Waals surface area contributed by atoms with Gasteiger partial charge in [0.1, 0.15) is 17.2 Å². The van der Waals surface area contributed by atoms with Gasteiger partial charge >= 0.3 is 0 Å². The number of hydrogen-bond donors (Lipinski definition) is 0. The van der Waals surface area contributed by atoms with Crippen LogP contribution in [0.3, 0.4) is 0 Å². The van der Waals surface area contributed by atoms with E-state index in [1.165, 1.54) is 90.6 Å². The summed E-state index contributed by atoms with van der Waals surface area (Å²) in [6.45, 7) is 9.38. The van der Waals surface area contributed by atoms with E-state index in [2.05, 4.69) is 9.80 Å². The molecule has 2 heterocycles. The Kier molecular flexibility index (Phi) is 14.7. The molecular formula is C31H47ClN2O3. The highest BCUT2D eigenvalue weighted by Crippen LogP contribution is 2.18. The van der Waals surface area contributed by atoms with E-state index in [0.29, 0.717) is 0 Å². The predicted molar refractivity (Wildman–Crippen MR) is 154 cm³/mol. The highest BCUT2D eigenvalue weighted by Gasteiger charge is 2.10. The predicted octanol–water partition coefficient (Wildman–Crippen LogP) is 7.33. The molecule has 5 nitrogen and oxygen atoms in total. The molecule has 4 rings (SSSR count). The molecule has 0 unspecified atom stereocenters. The number of ether oxygens (including phenoxy) is 3. The van der Waals surface area contributed by atoms with Crippen molar-refractivity contribution in [2.24, 2.45) is 0 Å². The molecular weight excluding hydrogens is 484 g/mol. The van der Waals surface area contributed by atoms with Crippen molar-refractivity contribution < 1.29 is 14.2 Å². The molecule has 0 N–H and O–H groups in total. The SMILES string of the molecule is COc1ccc(OCCCCCN2CCCC2)cc1.Clc1ccc(OCCCCCN2CCCC2)cc1. The molecule has 2 saturated heterocycles. The minimum atomic E-state index is 0.757. The van der Waals surface area contributed by atoms with Crippen LogP contribution >= 0.6 is 11.6 Å². The van der Waals surface area contributed by atoms with Crippen LogP contribution in [0, 0.1) is 0 Å². The number of unbranched alkanes of at least 4 members (excludes halogenated alkanes) is 4. The lowest BCUT2D eigenvalue weighted by Gasteiger charge is -2.13. The number of benzene rings is 2. The summed E-state index contributed by atoms with van der Waals surface area (Å²) in [5.41, 5.74) is 0. The van der Waals surface area contributed by atoms with Crippen molar-refractivity contribution in [2.45, 2.75) is 64.2 Å². The zero-order valence-corrected chi connectivity index (χ0v) is 23.6. The minimum Gasteiger partial charge on any atom is -0.497 e. The molecule has 2 aromatic carbocycles. The first kappa shape index (κ1) is 29.6. The van der Waals surface area contributed by atoms with Gasteiger partial charge in [-0.1, -0.05) is 11.6 Å². The van der Waals surface area contributed by atoms with Crippen LogP contribution in [0.2, 0.25) is 5.02 Å². The number of methoxy groups -OCH3 is 1. The van der Waals surface area contributed by atoms with Gasteiger partial charge in [-0.05, 0) is 152 Å². The zero-order chi connectivity index (χ0) is 26.0. The molecule has 2 fully saturated rings. The van der Waals surface area contributed by atoms with E-state index in [1.807, 2.05) is 48.5 Å². The Morgan fingerprint density at radius 1 is 0.568 bits per heavy atom. The molecule has 0 atom stereocenters. The Balaban J connectivity index is 0.000000206. The van der Waals surface area contributed by atoms with E-state index >= 15 is 0 Å². The lowest BCUT2D eigenvalue weighted by molar-refractivity contribution is 0.290. The molecule has 2 aromatic rings. The van der Waals surface area contributed by atoms with Crippen LogP contribution in [0.25, 0.3) is 0 Å². The molecule has 2 aliphatic rings. The van der Waals surface area contributed by atoms with Crippen molar-refractivity contribution >= 4 is 11.6 Å². The first-order valence-corrected chi connectivity index (χ1v) is 14.7. The zero-order valence-electron chi connectivity index (χ0n) is 22.8. The van der Waals surface area contributed by atoms with Crippen LogP contribution in [-0.4, -0.2) is 69.4 Å². The number of halogens is 1. The maximum Gasteiger partial charge on any atom is 0.119 e. The number of hydrogen-bond acceptors (Lipinski definition) is 5. The smallest absolute Gasteiger partial charge is 0.119 e. The van der Waals surface area contributed by atoms with Gasteiger partial charge in [0, 0.05) is 5.02 Å². The fourth-order valence-electron chi connectivity index (χ4n) is 4.82. The Hall–Kier alpha value is -1.95. The fourth-order valence-corrected chi connectivity index (χ4v) is 4.95. The summed E-state index contributed by atoms with van der Waals surface area (Å²) in [7, 11) is 1.68. The molecule has 37 heavy (non-hydrogen) atoms. The lowest BCUT2D eigenvalue weighted by atomic mass is 10.2. The van der Waals surface area contributed by atoms with E-state index in [9.17, 15) is 0 Å². The Labute approximate surface area is 230 Å². The largest absolute Gasteiger partial charge is 0.497 e. The summed E-state index contributed by atoms with van der Waals surface area (Å²) < 4.78 is 16.5. The summed E-state index contributed by atoms with van der Waals surface area (Å²) in [4.78, 5) is 5.14. The van der Waals surface area contributed by atoms with Crippen LogP contribution in [0.4, 0.5) is 0 Å². The summed E-state index contributed by atoms with van der Waals surface area (Å²) in [5.74, 6) is 2.72. The Morgan fingerprint density at radius 2 is 0.973 bits per heavy atom. The van der Waals surface area contributed by atoms with Crippen LogP contribution in [0.5, 0.6) is 17.2 Å². The van der Waals surface area contributed by atoms with Crippen molar-refractivity contribution in [3.63, 3.8) is 0 Å². The van der Waals surface area contributed by atoms with Gasteiger partial charge in [-0.3, -0.25) is 0 Å². The third kappa shape index (κ3) is 12.9. The van der Waals surface area contributed by atoms with Crippen LogP contribution in [0.15, 0.2) is 48.5 Å².